The van der Waals surface area contributed by atoms with E-state index in [1.807, 2.05) is 6.07 Å². The van der Waals surface area contributed by atoms with Gasteiger partial charge in [0.2, 0.25) is 0 Å². The summed E-state index contributed by atoms with van der Waals surface area (Å²) in [5.41, 5.74) is 4.08. The second kappa shape index (κ2) is 8.66. The van der Waals surface area contributed by atoms with Crippen molar-refractivity contribution < 1.29 is 4.42 Å². The average molecular weight is 287 g/mol. The minimum atomic E-state index is 0.0987. The molecule has 0 aliphatic heterocycles. The van der Waals surface area contributed by atoms with E-state index < -0.39 is 0 Å². The lowest BCUT2D eigenvalue weighted by Gasteiger charge is -2.17. The molecule has 21 heavy (non-hydrogen) atoms. The fraction of sp³-hybridized carbons (Fsp3) is 0.526. The summed E-state index contributed by atoms with van der Waals surface area (Å²) in [4.78, 5) is 4.53. The van der Waals surface area contributed by atoms with Gasteiger partial charge in [0.15, 0.2) is 0 Å². The van der Waals surface area contributed by atoms with E-state index in [1.165, 1.54) is 11.1 Å². The quantitative estimate of drug-likeness (QED) is 0.428. The minimum absolute atomic E-state index is 0.0987. The van der Waals surface area contributed by atoms with Crippen molar-refractivity contribution in [3.8, 4) is 0 Å². The SMILES string of the molecule is CC(C)=CCC/C(C)=C/CC(C)(C)C=NCc1ccoc1. The summed E-state index contributed by atoms with van der Waals surface area (Å²) in [7, 11) is 0. The zero-order valence-electron chi connectivity index (χ0n) is 14.1. The molecule has 0 spiro atoms. The summed E-state index contributed by atoms with van der Waals surface area (Å²) in [6.07, 6.45) is 13.5. The van der Waals surface area contributed by atoms with E-state index in [1.54, 1.807) is 12.5 Å². The standard InChI is InChI=1S/C19H29NO/c1-16(2)7-6-8-17(3)9-11-19(4,5)15-20-13-18-10-12-21-14-18/h7,9-10,12,14-15H,6,8,11,13H2,1-5H3/b17-9+,20-15?. The first kappa shape index (κ1) is 17.5. The van der Waals surface area contributed by atoms with Gasteiger partial charge in [0.25, 0.3) is 0 Å². The number of rotatable bonds is 8. The molecule has 0 aromatic carbocycles. The first-order valence-electron chi connectivity index (χ1n) is 7.70. The summed E-state index contributed by atoms with van der Waals surface area (Å²) < 4.78 is 5.04. The van der Waals surface area contributed by atoms with Gasteiger partial charge in [-0.05, 0) is 46.1 Å². The molecular weight excluding hydrogens is 258 g/mol. The van der Waals surface area contributed by atoms with Crippen LogP contribution in [-0.4, -0.2) is 6.21 Å². The Kier molecular flexibility index (Phi) is 7.21. The van der Waals surface area contributed by atoms with Crippen LogP contribution in [0.2, 0.25) is 0 Å². The number of furan rings is 1. The average Bonchev–Trinajstić information content (AvgIpc) is 2.89. The topological polar surface area (TPSA) is 25.5 Å². The summed E-state index contributed by atoms with van der Waals surface area (Å²) in [6.45, 7) is 11.7. The first-order valence-corrected chi connectivity index (χ1v) is 7.70. The Labute approximate surface area is 129 Å². The third-order valence-electron chi connectivity index (χ3n) is 3.36. The van der Waals surface area contributed by atoms with Gasteiger partial charge < -0.3 is 4.42 Å². The summed E-state index contributed by atoms with van der Waals surface area (Å²) in [5.74, 6) is 0. The van der Waals surface area contributed by atoms with Gasteiger partial charge in [-0.15, -0.1) is 0 Å². The second-order valence-electron chi connectivity index (χ2n) is 6.66. The predicted molar refractivity (Wildman–Crippen MR) is 91.7 cm³/mol. The smallest absolute Gasteiger partial charge is 0.0953 e. The third-order valence-corrected chi connectivity index (χ3v) is 3.36. The zero-order chi connectivity index (χ0) is 15.7. The molecule has 0 saturated heterocycles. The van der Waals surface area contributed by atoms with Crippen LogP contribution in [0.5, 0.6) is 0 Å². The fourth-order valence-corrected chi connectivity index (χ4v) is 1.96. The van der Waals surface area contributed by atoms with Crippen LogP contribution in [0.25, 0.3) is 0 Å². The number of allylic oxidation sites excluding steroid dienone is 4. The van der Waals surface area contributed by atoms with Gasteiger partial charge >= 0.3 is 0 Å². The highest BCUT2D eigenvalue weighted by atomic mass is 16.3. The molecule has 0 aliphatic rings. The molecule has 0 amide bonds. The third kappa shape index (κ3) is 8.34. The van der Waals surface area contributed by atoms with Crippen LogP contribution in [0.4, 0.5) is 0 Å². The van der Waals surface area contributed by atoms with Crippen molar-refractivity contribution in [2.24, 2.45) is 10.4 Å². The highest BCUT2D eigenvalue weighted by Gasteiger charge is 2.12. The number of hydrogen-bond donors (Lipinski definition) is 0. The summed E-state index contributed by atoms with van der Waals surface area (Å²) in [6, 6.07) is 1.96. The van der Waals surface area contributed by atoms with E-state index >= 15 is 0 Å². The molecule has 116 valence electrons. The number of nitrogens with zero attached hydrogens (tertiary/aromatic N) is 1. The van der Waals surface area contributed by atoms with Crippen molar-refractivity contribution in [3.63, 3.8) is 0 Å². The van der Waals surface area contributed by atoms with Crippen molar-refractivity contribution in [2.45, 2.75) is 60.4 Å². The highest BCUT2D eigenvalue weighted by molar-refractivity contribution is 5.65. The predicted octanol–water partition coefficient (Wildman–Crippen LogP) is 5.96. The fourth-order valence-electron chi connectivity index (χ4n) is 1.96. The van der Waals surface area contributed by atoms with Crippen LogP contribution in [0, 0.1) is 5.41 Å². The van der Waals surface area contributed by atoms with Crippen LogP contribution >= 0.6 is 0 Å². The molecule has 0 unspecified atom stereocenters. The van der Waals surface area contributed by atoms with Crippen LogP contribution in [0.1, 0.15) is 59.4 Å². The monoisotopic (exact) mass is 287 g/mol. The Morgan fingerprint density at radius 3 is 2.62 bits per heavy atom. The van der Waals surface area contributed by atoms with E-state index in [9.17, 15) is 0 Å². The van der Waals surface area contributed by atoms with Crippen molar-refractivity contribution >= 4 is 6.21 Å². The van der Waals surface area contributed by atoms with E-state index in [-0.39, 0.29) is 5.41 Å². The molecule has 0 aliphatic carbocycles. The molecule has 1 aromatic heterocycles. The normalized spacial score (nSPS) is 12.9. The number of hydrogen-bond acceptors (Lipinski definition) is 2. The van der Waals surface area contributed by atoms with Gasteiger partial charge in [0, 0.05) is 17.2 Å². The van der Waals surface area contributed by atoms with E-state index in [0.717, 1.165) is 24.8 Å². The van der Waals surface area contributed by atoms with E-state index in [4.69, 9.17) is 4.42 Å². The summed E-state index contributed by atoms with van der Waals surface area (Å²) >= 11 is 0. The van der Waals surface area contributed by atoms with Gasteiger partial charge in [-0.2, -0.15) is 0 Å². The lowest BCUT2D eigenvalue weighted by molar-refractivity contribution is 0.540. The first-order chi connectivity index (χ1) is 9.89. The van der Waals surface area contributed by atoms with Gasteiger partial charge in [-0.1, -0.05) is 37.1 Å². The molecule has 2 nitrogen and oxygen atoms in total. The maximum Gasteiger partial charge on any atom is 0.0953 e. The van der Waals surface area contributed by atoms with Crippen molar-refractivity contribution in [1.82, 2.24) is 0 Å². The minimum Gasteiger partial charge on any atom is -0.472 e. The van der Waals surface area contributed by atoms with Crippen molar-refractivity contribution in [1.29, 1.82) is 0 Å². The Bertz CT molecular complexity index is 486. The van der Waals surface area contributed by atoms with Crippen LogP contribution in [0.3, 0.4) is 0 Å². The van der Waals surface area contributed by atoms with Gasteiger partial charge in [0.05, 0.1) is 19.1 Å². The second-order valence-corrected chi connectivity index (χ2v) is 6.66. The largest absolute Gasteiger partial charge is 0.472 e. The Morgan fingerprint density at radius 2 is 2.00 bits per heavy atom. The van der Waals surface area contributed by atoms with Gasteiger partial charge in [-0.3, -0.25) is 4.99 Å². The molecule has 1 aromatic rings. The molecule has 0 radical (unpaired) electrons. The molecule has 0 N–H and O–H groups in total. The van der Waals surface area contributed by atoms with Gasteiger partial charge in [0.1, 0.15) is 0 Å². The molecule has 0 saturated carbocycles. The lowest BCUT2D eigenvalue weighted by atomic mass is 9.89. The molecule has 1 rings (SSSR count). The molecule has 0 fully saturated rings. The molecule has 1 heterocycles. The maximum absolute atomic E-state index is 5.04. The zero-order valence-corrected chi connectivity index (χ0v) is 14.1. The van der Waals surface area contributed by atoms with Crippen LogP contribution < -0.4 is 0 Å². The number of aliphatic imine (C=N–C) groups is 1. The molecule has 0 bridgehead atoms. The van der Waals surface area contributed by atoms with Crippen LogP contribution in [-0.2, 0) is 6.54 Å². The molecular formula is C19H29NO. The Hall–Kier alpha value is -1.57. The summed E-state index contributed by atoms with van der Waals surface area (Å²) in [5, 5.41) is 0. The van der Waals surface area contributed by atoms with Gasteiger partial charge in [-0.25, -0.2) is 0 Å². The molecule has 0 atom stereocenters. The lowest BCUT2D eigenvalue weighted by Crippen LogP contribution is -2.12. The van der Waals surface area contributed by atoms with Crippen molar-refractivity contribution in [3.05, 3.63) is 47.5 Å². The Balaban J connectivity index is 2.40. The highest BCUT2D eigenvalue weighted by Crippen LogP contribution is 2.21. The molecule has 2 heteroatoms. The van der Waals surface area contributed by atoms with Crippen molar-refractivity contribution in [2.75, 3.05) is 0 Å². The van der Waals surface area contributed by atoms with E-state index in [2.05, 4.69) is 58.0 Å². The Morgan fingerprint density at radius 1 is 1.24 bits per heavy atom. The van der Waals surface area contributed by atoms with E-state index in [0.29, 0.717) is 6.54 Å². The maximum atomic E-state index is 5.04. The van der Waals surface area contributed by atoms with Crippen LogP contribution in [0.15, 0.2) is 51.3 Å².